The summed E-state index contributed by atoms with van der Waals surface area (Å²) in [5.74, 6) is -1.21. The second-order valence-electron chi connectivity index (χ2n) is 5.17. The molecule has 6 heteroatoms. The van der Waals surface area contributed by atoms with Crippen molar-refractivity contribution >= 4 is 11.9 Å². The van der Waals surface area contributed by atoms with E-state index in [1.54, 1.807) is 0 Å². The number of carboxylic acid groups (broad SMARTS) is 1. The van der Waals surface area contributed by atoms with Crippen molar-refractivity contribution in [3.8, 4) is 0 Å². The maximum Gasteiger partial charge on any atom is 0.326 e. The Bertz CT molecular complexity index is 352. The molecule has 3 atom stereocenters. The van der Waals surface area contributed by atoms with Crippen molar-refractivity contribution in [3.63, 3.8) is 0 Å². The van der Waals surface area contributed by atoms with Crippen LogP contribution in [0.2, 0.25) is 0 Å². The van der Waals surface area contributed by atoms with E-state index in [9.17, 15) is 14.7 Å². The predicted molar refractivity (Wildman–Crippen MR) is 64.0 cm³/mol. The molecule has 0 aromatic carbocycles. The second kappa shape index (κ2) is 4.85. The smallest absolute Gasteiger partial charge is 0.326 e. The van der Waals surface area contributed by atoms with Gasteiger partial charge in [-0.05, 0) is 25.8 Å². The number of aliphatic hydroxyl groups excluding tert-OH is 1. The van der Waals surface area contributed by atoms with Gasteiger partial charge in [0.25, 0.3) is 0 Å². The first-order valence-electron chi connectivity index (χ1n) is 6.47. The number of hydrogen-bond acceptors (Lipinski definition) is 4. The molecular formula is C12H20N2O4. The number of β-amino-alcohol motifs (C(OH)–C–C–N with tert-alkyl or cyclic N) is 1. The largest absolute Gasteiger partial charge is 0.480 e. The number of carbonyl (C=O) groups excluding carboxylic acids is 1. The lowest BCUT2D eigenvalue weighted by atomic mass is 9.92. The molecule has 1 amide bonds. The van der Waals surface area contributed by atoms with E-state index < -0.39 is 23.7 Å². The van der Waals surface area contributed by atoms with Crippen LogP contribution in [0.4, 0.5) is 0 Å². The molecule has 2 rings (SSSR count). The van der Waals surface area contributed by atoms with Gasteiger partial charge in [-0.15, -0.1) is 0 Å². The fourth-order valence-electron chi connectivity index (χ4n) is 2.99. The molecule has 102 valence electrons. The molecular weight excluding hydrogens is 236 g/mol. The summed E-state index contributed by atoms with van der Waals surface area (Å²) < 4.78 is 0. The minimum Gasteiger partial charge on any atom is -0.480 e. The van der Waals surface area contributed by atoms with E-state index in [0.717, 1.165) is 19.4 Å². The van der Waals surface area contributed by atoms with E-state index in [1.807, 2.05) is 6.92 Å². The summed E-state index contributed by atoms with van der Waals surface area (Å²) in [5.41, 5.74) is -0.627. The van der Waals surface area contributed by atoms with Crippen molar-refractivity contribution in [1.29, 1.82) is 0 Å². The van der Waals surface area contributed by atoms with Gasteiger partial charge >= 0.3 is 5.97 Å². The van der Waals surface area contributed by atoms with E-state index in [0.29, 0.717) is 6.42 Å². The maximum atomic E-state index is 12.5. The van der Waals surface area contributed by atoms with Crippen LogP contribution < -0.4 is 5.32 Å². The molecule has 0 aromatic heterocycles. The topological polar surface area (TPSA) is 89.9 Å². The fraction of sp³-hybridized carbons (Fsp3) is 0.833. The molecule has 18 heavy (non-hydrogen) atoms. The molecule has 2 heterocycles. The van der Waals surface area contributed by atoms with E-state index in [-0.39, 0.29) is 18.9 Å². The molecule has 6 nitrogen and oxygen atoms in total. The van der Waals surface area contributed by atoms with Crippen LogP contribution in [0.1, 0.15) is 32.6 Å². The Morgan fingerprint density at radius 1 is 1.50 bits per heavy atom. The number of likely N-dealkylation sites (tertiary alicyclic amines) is 1. The minimum absolute atomic E-state index is 0.124. The second-order valence-corrected chi connectivity index (χ2v) is 5.17. The van der Waals surface area contributed by atoms with Gasteiger partial charge < -0.3 is 20.4 Å². The van der Waals surface area contributed by atoms with Gasteiger partial charge in [-0.3, -0.25) is 4.79 Å². The lowest BCUT2D eigenvalue weighted by molar-refractivity contribution is -0.151. The van der Waals surface area contributed by atoms with Crippen LogP contribution >= 0.6 is 0 Å². The highest BCUT2D eigenvalue weighted by atomic mass is 16.4. The molecule has 0 saturated carbocycles. The molecule has 0 radical (unpaired) electrons. The lowest BCUT2D eigenvalue weighted by Crippen LogP contribution is -2.57. The summed E-state index contributed by atoms with van der Waals surface area (Å²) in [6.07, 6.45) is 1.70. The van der Waals surface area contributed by atoms with E-state index in [2.05, 4.69) is 5.32 Å². The van der Waals surface area contributed by atoms with Crippen LogP contribution in [-0.2, 0) is 9.59 Å². The van der Waals surface area contributed by atoms with Crippen molar-refractivity contribution < 1.29 is 19.8 Å². The van der Waals surface area contributed by atoms with Gasteiger partial charge in [-0.25, -0.2) is 4.79 Å². The molecule has 2 fully saturated rings. The van der Waals surface area contributed by atoms with Crippen molar-refractivity contribution in [3.05, 3.63) is 0 Å². The van der Waals surface area contributed by atoms with Crippen molar-refractivity contribution in [2.45, 2.75) is 50.3 Å². The van der Waals surface area contributed by atoms with Gasteiger partial charge in [0.2, 0.25) is 5.91 Å². The van der Waals surface area contributed by atoms with Gasteiger partial charge in [0.05, 0.1) is 11.6 Å². The number of nitrogens with zero attached hydrogens (tertiary/aromatic N) is 1. The number of hydrogen-bond donors (Lipinski definition) is 3. The Hall–Kier alpha value is -1.14. The average Bonchev–Trinajstić information content (AvgIpc) is 2.95. The first-order valence-corrected chi connectivity index (χ1v) is 6.47. The average molecular weight is 256 g/mol. The zero-order valence-corrected chi connectivity index (χ0v) is 10.6. The monoisotopic (exact) mass is 256 g/mol. The minimum atomic E-state index is -1.04. The molecule has 1 unspecified atom stereocenters. The lowest BCUT2D eigenvalue weighted by Gasteiger charge is -2.33. The number of carbonyl (C=O) groups is 2. The molecule has 2 aliphatic rings. The summed E-state index contributed by atoms with van der Waals surface area (Å²) in [7, 11) is 0. The molecule has 0 spiro atoms. The first kappa shape index (κ1) is 13.3. The van der Waals surface area contributed by atoms with Crippen LogP contribution in [0.15, 0.2) is 0 Å². The SMILES string of the molecule is CCC1(C(=O)N2C[C@@H](O)C[C@H]2C(=O)O)CCCN1. The molecule has 2 aliphatic heterocycles. The number of nitrogens with one attached hydrogen (secondary N) is 1. The highest BCUT2D eigenvalue weighted by Crippen LogP contribution is 2.29. The normalized spacial score (nSPS) is 36.0. The summed E-state index contributed by atoms with van der Waals surface area (Å²) in [4.78, 5) is 25.0. The molecule has 3 N–H and O–H groups in total. The summed E-state index contributed by atoms with van der Waals surface area (Å²) in [6.45, 7) is 2.84. The van der Waals surface area contributed by atoms with Crippen LogP contribution in [0.3, 0.4) is 0 Å². The third kappa shape index (κ3) is 2.10. The highest BCUT2D eigenvalue weighted by Gasteiger charge is 2.48. The standard InChI is InChI=1S/C12H20N2O4/c1-2-12(4-3-5-13-12)11(18)14-7-8(15)6-9(14)10(16)17/h8-9,13,15H,2-7H2,1H3,(H,16,17)/t8-,9-,12?/m0/s1. The first-order chi connectivity index (χ1) is 8.50. The zero-order chi connectivity index (χ0) is 13.3. The maximum absolute atomic E-state index is 12.5. The Morgan fingerprint density at radius 2 is 2.22 bits per heavy atom. The van der Waals surface area contributed by atoms with Crippen molar-refractivity contribution in [2.75, 3.05) is 13.1 Å². The predicted octanol–water partition coefficient (Wildman–Crippen LogP) is -0.435. The molecule has 0 aliphatic carbocycles. The molecule has 0 aromatic rings. The quantitative estimate of drug-likeness (QED) is 0.637. The van der Waals surface area contributed by atoms with Crippen molar-refractivity contribution in [2.24, 2.45) is 0 Å². The van der Waals surface area contributed by atoms with Crippen LogP contribution in [0.25, 0.3) is 0 Å². The number of aliphatic hydroxyl groups is 1. The summed E-state index contributed by atoms with van der Waals surface area (Å²) in [5, 5.41) is 21.9. The fourth-order valence-corrected chi connectivity index (χ4v) is 2.99. The number of aliphatic carboxylic acids is 1. The summed E-state index contributed by atoms with van der Waals surface area (Å²) >= 11 is 0. The van der Waals surface area contributed by atoms with Crippen LogP contribution in [0, 0.1) is 0 Å². The van der Waals surface area contributed by atoms with E-state index in [4.69, 9.17) is 5.11 Å². The Kier molecular flexibility index (Phi) is 3.59. The van der Waals surface area contributed by atoms with Crippen LogP contribution in [0.5, 0.6) is 0 Å². The van der Waals surface area contributed by atoms with Crippen LogP contribution in [-0.4, -0.2) is 57.8 Å². The van der Waals surface area contributed by atoms with Gasteiger partial charge in [-0.2, -0.15) is 0 Å². The van der Waals surface area contributed by atoms with Gasteiger partial charge in [0.15, 0.2) is 0 Å². The number of amides is 1. The highest BCUT2D eigenvalue weighted by molar-refractivity contribution is 5.91. The van der Waals surface area contributed by atoms with Gasteiger partial charge in [0, 0.05) is 13.0 Å². The number of carboxylic acids is 1. The van der Waals surface area contributed by atoms with Gasteiger partial charge in [-0.1, -0.05) is 6.92 Å². The third-order valence-corrected chi connectivity index (χ3v) is 4.08. The Labute approximate surface area is 106 Å². The summed E-state index contributed by atoms with van der Waals surface area (Å²) in [6, 6.07) is -0.890. The Balaban J connectivity index is 2.19. The molecule has 2 saturated heterocycles. The van der Waals surface area contributed by atoms with E-state index in [1.165, 1.54) is 4.90 Å². The molecule has 0 bridgehead atoms. The van der Waals surface area contributed by atoms with Gasteiger partial charge in [0.1, 0.15) is 6.04 Å². The van der Waals surface area contributed by atoms with Crippen molar-refractivity contribution in [1.82, 2.24) is 10.2 Å². The van der Waals surface area contributed by atoms with E-state index >= 15 is 0 Å². The Morgan fingerprint density at radius 3 is 2.72 bits per heavy atom. The third-order valence-electron chi connectivity index (χ3n) is 4.08. The number of rotatable bonds is 3. The zero-order valence-electron chi connectivity index (χ0n) is 10.6.